The average Bonchev–Trinajstić information content (AvgIpc) is 2.41. The normalized spacial score (nSPS) is 11.3. The van der Waals surface area contributed by atoms with Gasteiger partial charge in [-0.3, -0.25) is 4.79 Å². The first kappa shape index (κ1) is 14.9. The van der Waals surface area contributed by atoms with Gasteiger partial charge in [0.25, 0.3) is 5.91 Å². The van der Waals surface area contributed by atoms with Gasteiger partial charge in [0.1, 0.15) is 4.64 Å². The van der Waals surface area contributed by atoms with Gasteiger partial charge in [-0.2, -0.15) is 0 Å². The van der Waals surface area contributed by atoms with Gasteiger partial charge in [-0.15, -0.1) is 0 Å². The number of amides is 1. The van der Waals surface area contributed by atoms with E-state index in [1.807, 2.05) is 13.8 Å². The standard InChI is InChI=1S/C13H20N2O2S/c1-3-13(4-2,9-16)8-15-11(17)10-6-5-7-14-12(10)18/h5-7,16H,3-4,8-9H2,1-2H3,(H,14,18)(H,15,17). The van der Waals surface area contributed by atoms with E-state index >= 15 is 0 Å². The molecule has 100 valence electrons. The summed E-state index contributed by atoms with van der Waals surface area (Å²) in [4.78, 5) is 14.8. The minimum Gasteiger partial charge on any atom is -0.396 e. The van der Waals surface area contributed by atoms with Crippen molar-refractivity contribution in [1.29, 1.82) is 0 Å². The Hall–Kier alpha value is -1.20. The Morgan fingerprint density at radius 3 is 2.67 bits per heavy atom. The number of nitrogens with one attached hydrogen (secondary N) is 2. The molecule has 18 heavy (non-hydrogen) atoms. The second-order valence-electron chi connectivity index (χ2n) is 4.46. The van der Waals surface area contributed by atoms with Crippen molar-refractivity contribution in [3.63, 3.8) is 0 Å². The molecule has 5 heteroatoms. The first-order valence-corrected chi connectivity index (χ1v) is 6.56. The van der Waals surface area contributed by atoms with Crippen LogP contribution in [0.5, 0.6) is 0 Å². The van der Waals surface area contributed by atoms with Gasteiger partial charge in [0.2, 0.25) is 0 Å². The Morgan fingerprint density at radius 2 is 2.17 bits per heavy atom. The monoisotopic (exact) mass is 268 g/mol. The van der Waals surface area contributed by atoms with Crippen molar-refractivity contribution in [2.24, 2.45) is 5.41 Å². The van der Waals surface area contributed by atoms with E-state index in [2.05, 4.69) is 10.3 Å². The fraction of sp³-hybridized carbons (Fsp3) is 0.538. The van der Waals surface area contributed by atoms with Crippen LogP contribution in [0.25, 0.3) is 0 Å². The van der Waals surface area contributed by atoms with E-state index in [1.54, 1.807) is 18.3 Å². The summed E-state index contributed by atoms with van der Waals surface area (Å²) in [6, 6.07) is 3.43. The number of H-pyrrole nitrogens is 1. The predicted molar refractivity (Wildman–Crippen MR) is 74.1 cm³/mol. The molecular formula is C13H20N2O2S. The van der Waals surface area contributed by atoms with Crippen molar-refractivity contribution < 1.29 is 9.90 Å². The van der Waals surface area contributed by atoms with E-state index in [-0.39, 0.29) is 17.9 Å². The number of aromatic amines is 1. The van der Waals surface area contributed by atoms with Crippen molar-refractivity contribution in [1.82, 2.24) is 10.3 Å². The van der Waals surface area contributed by atoms with Crippen molar-refractivity contribution in [3.8, 4) is 0 Å². The molecule has 1 amide bonds. The Balaban J connectivity index is 2.72. The smallest absolute Gasteiger partial charge is 0.254 e. The van der Waals surface area contributed by atoms with Crippen LogP contribution < -0.4 is 5.32 Å². The first-order chi connectivity index (χ1) is 8.58. The molecular weight excluding hydrogens is 248 g/mol. The third kappa shape index (κ3) is 3.40. The minimum absolute atomic E-state index is 0.0714. The van der Waals surface area contributed by atoms with Gasteiger partial charge in [0, 0.05) is 18.2 Å². The molecule has 0 aliphatic heterocycles. The SMILES string of the molecule is CCC(CC)(CO)CNC(=O)c1ccc[nH]c1=S. The fourth-order valence-electron chi connectivity index (χ4n) is 1.74. The van der Waals surface area contributed by atoms with Gasteiger partial charge in [-0.1, -0.05) is 26.1 Å². The maximum absolute atomic E-state index is 12.0. The number of aliphatic hydroxyl groups is 1. The minimum atomic E-state index is -0.240. The third-order valence-electron chi connectivity index (χ3n) is 3.52. The van der Waals surface area contributed by atoms with Crippen LogP contribution in [0.1, 0.15) is 37.0 Å². The largest absolute Gasteiger partial charge is 0.396 e. The summed E-state index contributed by atoms with van der Waals surface area (Å²) in [6.07, 6.45) is 3.33. The lowest BCUT2D eigenvalue weighted by atomic mass is 9.83. The third-order valence-corrected chi connectivity index (χ3v) is 3.86. The highest BCUT2D eigenvalue weighted by molar-refractivity contribution is 7.71. The van der Waals surface area contributed by atoms with Crippen molar-refractivity contribution in [2.45, 2.75) is 26.7 Å². The Kier molecular flexibility index (Phi) is 5.50. The molecule has 0 saturated heterocycles. The molecule has 0 spiro atoms. The highest BCUT2D eigenvalue weighted by Crippen LogP contribution is 2.24. The quantitative estimate of drug-likeness (QED) is 0.693. The molecule has 0 bridgehead atoms. The molecule has 4 nitrogen and oxygen atoms in total. The van der Waals surface area contributed by atoms with Crippen LogP contribution in [-0.2, 0) is 0 Å². The highest BCUT2D eigenvalue weighted by atomic mass is 32.1. The highest BCUT2D eigenvalue weighted by Gasteiger charge is 2.26. The van der Waals surface area contributed by atoms with E-state index in [9.17, 15) is 9.90 Å². The summed E-state index contributed by atoms with van der Waals surface area (Å²) < 4.78 is 0.428. The molecule has 0 saturated carbocycles. The van der Waals surface area contributed by atoms with Crippen LogP contribution in [0.15, 0.2) is 18.3 Å². The second-order valence-corrected chi connectivity index (χ2v) is 4.87. The zero-order valence-corrected chi connectivity index (χ0v) is 11.6. The van der Waals surface area contributed by atoms with Crippen molar-refractivity contribution in [3.05, 3.63) is 28.5 Å². The number of carbonyl (C=O) groups is 1. The van der Waals surface area contributed by atoms with E-state index in [0.29, 0.717) is 16.7 Å². The zero-order chi connectivity index (χ0) is 13.6. The van der Waals surface area contributed by atoms with Gasteiger partial charge in [0.15, 0.2) is 0 Å². The number of hydrogen-bond acceptors (Lipinski definition) is 3. The molecule has 0 aliphatic rings. The first-order valence-electron chi connectivity index (χ1n) is 6.15. The number of hydrogen-bond donors (Lipinski definition) is 3. The molecule has 1 aromatic heterocycles. The predicted octanol–water partition coefficient (Wildman–Crippen LogP) is 2.27. The van der Waals surface area contributed by atoms with E-state index < -0.39 is 0 Å². The lowest BCUT2D eigenvalue weighted by molar-refractivity contribution is 0.0850. The maximum atomic E-state index is 12.0. The molecule has 1 heterocycles. The lowest BCUT2D eigenvalue weighted by Crippen LogP contribution is -2.39. The van der Waals surface area contributed by atoms with Crippen LogP contribution in [0, 0.1) is 10.1 Å². The summed E-state index contributed by atoms with van der Waals surface area (Å²) in [5.74, 6) is -0.198. The van der Waals surface area contributed by atoms with Gasteiger partial charge in [0.05, 0.1) is 12.2 Å². The van der Waals surface area contributed by atoms with Gasteiger partial charge >= 0.3 is 0 Å². The summed E-state index contributed by atoms with van der Waals surface area (Å²) in [7, 11) is 0. The van der Waals surface area contributed by atoms with Gasteiger partial charge < -0.3 is 15.4 Å². The second kappa shape index (κ2) is 6.66. The summed E-state index contributed by atoms with van der Waals surface area (Å²) in [5, 5.41) is 12.3. The lowest BCUT2D eigenvalue weighted by Gasteiger charge is -2.29. The molecule has 0 fully saturated rings. The Labute approximate surface area is 112 Å². The van der Waals surface area contributed by atoms with Gasteiger partial charge in [-0.25, -0.2) is 0 Å². The Bertz CT molecular complexity index is 444. The zero-order valence-electron chi connectivity index (χ0n) is 10.8. The number of aliphatic hydroxyl groups excluding tert-OH is 1. The Morgan fingerprint density at radius 1 is 1.50 bits per heavy atom. The summed E-state index contributed by atoms with van der Waals surface area (Å²) >= 11 is 5.06. The van der Waals surface area contributed by atoms with Crippen LogP contribution in [-0.4, -0.2) is 29.1 Å². The molecule has 0 radical (unpaired) electrons. The van der Waals surface area contributed by atoms with E-state index in [1.165, 1.54) is 0 Å². The van der Waals surface area contributed by atoms with E-state index in [4.69, 9.17) is 12.2 Å². The number of carbonyl (C=O) groups excluding carboxylic acids is 1. The van der Waals surface area contributed by atoms with Crippen LogP contribution >= 0.6 is 12.2 Å². The summed E-state index contributed by atoms with van der Waals surface area (Å²) in [5.41, 5.74) is 0.224. The maximum Gasteiger partial charge on any atom is 0.254 e. The molecule has 0 aromatic carbocycles. The molecule has 1 rings (SSSR count). The fourth-order valence-corrected chi connectivity index (χ4v) is 1.97. The molecule has 0 aliphatic carbocycles. The molecule has 0 unspecified atom stereocenters. The number of rotatable bonds is 6. The molecule has 3 N–H and O–H groups in total. The summed E-state index contributed by atoms with van der Waals surface area (Å²) in [6.45, 7) is 4.56. The van der Waals surface area contributed by atoms with Crippen LogP contribution in [0.2, 0.25) is 0 Å². The number of aromatic nitrogens is 1. The van der Waals surface area contributed by atoms with E-state index in [0.717, 1.165) is 12.8 Å². The topological polar surface area (TPSA) is 65.1 Å². The van der Waals surface area contributed by atoms with Crippen LogP contribution in [0.4, 0.5) is 0 Å². The van der Waals surface area contributed by atoms with Crippen molar-refractivity contribution >= 4 is 18.1 Å². The average molecular weight is 268 g/mol. The van der Waals surface area contributed by atoms with Crippen LogP contribution in [0.3, 0.4) is 0 Å². The van der Waals surface area contributed by atoms with Gasteiger partial charge in [-0.05, 0) is 25.0 Å². The molecule has 1 aromatic rings. The van der Waals surface area contributed by atoms with Crippen molar-refractivity contribution in [2.75, 3.05) is 13.2 Å². The molecule has 0 atom stereocenters. The number of pyridine rings is 1.